The summed E-state index contributed by atoms with van der Waals surface area (Å²) in [4.78, 5) is 13.8. The zero-order valence-electron chi connectivity index (χ0n) is 10.9. The molecule has 5 nitrogen and oxygen atoms in total. The Morgan fingerprint density at radius 3 is 2.68 bits per heavy atom. The first-order valence-electron chi connectivity index (χ1n) is 6.21. The number of primary amides is 1. The average molecular weight is 284 g/mol. The molecule has 0 saturated carbocycles. The highest BCUT2D eigenvalue weighted by Crippen LogP contribution is 2.30. The van der Waals surface area contributed by atoms with E-state index in [2.05, 4.69) is 10.2 Å². The quantitative estimate of drug-likeness (QED) is 0.857. The molecule has 1 aliphatic rings. The number of carbonyl (C=O) groups excluding carboxylic acids is 1. The van der Waals surface area contributed by atoms with Gasteiger partial charge in [-0.25, -0.2) is 0 Å². The fraction of sp³-hybridized carbons (Fsp3) is 0.462. The third-order valence-corrected chi connectivity index (χ3v) is 3.57. The number of rotatable bonds is 4. The van der Waals surface area contributed by atoms with Crippen LogP contribution < -0.4 is 15.8 Å². The molecule has 0 spiro atoms. The summed E-state index contributed by atoms with van der Waals surface area (Å²) in [7, 11) is 1.56. The van der Waals surface area contributed by atoms with Crippen molar-refractivity contribution < 1.29 is 9.53 Å². The van der Waals surface area contributed by atoms with E-state index in [0.717, 1.165) is 31.7 Å². The number of carbonyl (C=O) groups is 1. The highest BCUT2D eigenvalue weighted by atomic mass is 35.5. The average Bonchev–Trinajstić information content (AvgIpc) is 2.40. The van der Waals surface area contributed by atoms with Gasteiger partial charge in [0.05, 0.1) is 12.1 Å². The number of methoxy groups -OCH3 is 1. The number of hydrogen-bond donors (Lipinski definition) is 2. The number of amides is 1. The Morgan fingerprint density at radius 1 is 1.47 bits per heavy atom. The lowest BCUT2D eigenvalue weighted by Crippen LogP contribution is -2.48. The second kappa shape index (κ2) is 6.23. The van der Waals surface area contributed by atoms with E-state index in [1.807, 2.05) is 6.07 Å². The molecular formula is C13H18ClN3O2. The van der Waals surface area contributed by atoms with E-state index in [1.165, 1.54) is 0 Å². The van der Waals surface area contributed by atoms with Gasteiger partial charge >= 0.3 is 0 Å². The van der Waals surface area contributed by atoms with Crippen LogP contribution in [0.2, 0.25) is 5.02 Å². The van der Waals surface area contributed by atoms with Crippen LogP contribution in [0.15, 0.2) is 18.2 Å². The Hall–Kier alpha value is -1.30. The van der Waals surface area contributed by atoms with Crippen molar-refractivity contribution in [3.05, 3.63) is 28.8 Å². The van der Waals surface area contributed by atoms with Crippen molar-refractivity contribution in [1.82, 2.24) is 10.2 Å². The first-order valence-corrected chi connectivity index (χ1v) is 6.59. The van der Waals surface area contributed by atoms with Gasteiger partial charge in [-0.3, -0.25) is 9.69 Å². The van der Waals surface area contributed by atoms with Crippen molar-refractivity contribution >= 4 is 17.5 Å². The van der Waals surface area contributed by atoms with Gasteiger partial charge in [-0.2, -0.15) is 0 Å². The zero-order valence-corrected chi connectivity index (χ0v) is 11.6. The standard InChI is InChI=1S/C13H18ClN3O2/c1-19-11-3-2-9(8-10(11)14)12(13(15)18)17-6-4-16-5-7-17/h2-3,8,12,16H,4-7H2,1H3,(H2,15,18). The lowest BCUT2D eigenvalue weighted by atomic mass is 10.0. The van der Waals surface area contributed by atoms with Gasteiger partial charge in [0.2, 0.25) is 5.91 Å². The van der Waals surface area contributed by atoms with Gasteiger partial charge in [0.15, 0.2) is 0 Å². The van der Waals surface area contributed by atoms with Gasteiger partial charge in [-0.05, 0) is 17.7 Å². The molecule has 1 fully saturated rings. The Balaban J connectivity index is 2.28. The largest absolute Gasteiger partial charge is 0.495 e. The summed E-state index contributed by atoms with van der Waals surface area (Å²) in [6.45, 7) is 3.29. The van der Waals surface area contributed by atoms with Crippen LogP contribution in [0.4, 0.5) is 0 Å². The lowest BCUT2D eigenvalue weighted by molar-refractivity contribution is -0.123. The second-order valence-corrected chi connectivity index (χ2v) is 4.89. The fourth-order valence-corrected chi connectivity index (χ4v) is 2.61. The summed E-state index contributed by atoms with van der Waals surface area (Å²) in [5.74, 6) is 0.233. The van der Waals surface area contributed by atoms with Crippen molar-refractivity contribution in [3.8, 4) is 5.75 Å². The van der Waals surface area contributed by atoms with E-state index in [-0.39, 0.29) is 5.91 Å². The summed E-state index contributed by atoms with van der Waals surface area (Å²) in [5, 5.41) is 3.74. The van der Waals surface area contributed by atoms with Crippen LogP contribution in [0.5, 0.6) is 5.75 Å². The minimum absolute atomic E-state index is 0.358. The molecule has 2 rings (SSSR count). The highest BCUT2D eigenvalue weighted by molar-refractivity contribution is 6.32. The van der Waals surface area contributed by atoms with E-state index in [9.17, 15) is 4.79 Å². The molecule has 1 heterocycles. The molecule has 1 atom stereocenters. The summed E-state index contributed by atoms with van der Waals surface area (Å²) in [6, 6.07) is 4.90. The molecule has 1 aliphatic heterocycles. The molecule has 0 bridgehead atoms. The molecule has 1 aromatic carbocycles. The van der Waals surface area contributed by atoms with Gasteiger partial charge < -0.3 is 15.8 Å². The van der Waals surface area contributed by atoms with Crippen molar-refractivity contribution in [1.29, 1.82) is 0 Å². The third kappa shape index (κ3) is 3.18. The number of benzene rings is 1. The van der Waals surface area contributed by atoms with Crippen LogP contribution in [-0.2, 0) is 4.79 Å². The third-order valence-electron chi connectivity index (χ3n) is 3.28. The summed E-state index contributed by atoms with van der Waals surface area (Å²) >= 11 is 6.11. The van der Waals surface area contributed by atoms with Crippen LogP contribution in [-0.4, -0.2) is 44.1 Å². The van der Waals surface area contributed by atoms with Crippen molar-refractivity contribution in [2.75, 3.05) is 33.3 Å². The van der Waals surface area contributed by atoms with Crippen LogP contribution in [0.1, 0.15) is 11.6 Å². The minimum Gasteiger partial charge on any atom is -0.495 e. The molecule has 1 amide bonds. The Kier molecular flexibility index (Phi) is 4.63. The van der Waals surface area contributed by atoms with Gasteiger partial charge in [0.1, 0.15) is 11.8 Å². The molecule has 6 heteroatoms. The Bertz CT molecular complexity index is 461. The second-order valence-electron chi connectivity index (χ2n) is 4.48. The van der Waals surface area contributed by atoms with Crippen molar-refractivity contribution in [2.45, 2.75) is 6.04 Å². The number of hydrogen-bond acceptors (Lipinski definition) is 4. The number of ether oxygens (including phenoxy) is 1. The Labute approximate surface area is 117 Å². The molecule has 3 N–H and O–H groups in total. The van der Waals surface area contributed by atoms with E-state index < -0.39 is 6.04 Å². The molecule has 19 heavy (non-hydrogen) atoms. The maximum absolute atomic E-state index is 11.8. The number of halogens is 1. The van der Waals surface area contributed by atoms with E-state index in [4.69, 9.17) is 22.1 Å². The van der Waals surface area contributed by atoms with E-state index >= 15 is 0 Å². The number of nitrogens with zero attached hydrogens (tertiary/aromatic N) is 1. The van der Waals surface area contributed by atoms with Crippen LogP contribution in [0.3, 0.4) is 0 Å². The molecular weight excluding hydrogens is 266 g/mol. The van der Waals surface area contributed by atoms with E-state index in [1.54, 1.807) is 19.2 Å². The summed E-state index contributed by atoms with van der Waals surface area (Å²) in [6.07, 6.45) is 0. The molecule has 1 saturated heterocycles. The normalized spacial score (nSPS) is 18.0. The lowest BCUT2D eigenvalue weighted by Gasteiger charge is -2.33. The maximum atomic E-state index is 11.8. The van der Waals surface area contributed by atoms with E-state index in [0.29, 0.717) is 10.8 Å². The van der Waals surface area contributed by atoms with Gasteiger partial charge in [0, 0.05) is 26.2 Å². The molecule has 104 valence electrons. The number of nitrogens with two attached hydrogens (primary N) is 1. The van der Waals surface area contributed by atoms with Gasteiger partial charge in [0.25, 0.3) is 0 Å². The van der Waals surface area contributed by atoms with Crippen molar-refractivity contribution in [3.63, 3.8) is 0 Å². The molecule has 0 aliphatic carbocycles. The molecule has 1 unspecified atom stereocenters. The predicted molar refractivity (Wildman–Crippen MR) is 74.4 cm³/mol. The van der Waals surface area contributed by atoms with Crippen LogP contribution in [0.25, 0.3) is 0 Å². The van der Waals surface area contributed by atoms with Crippen LogP contribution in [0, 0.1) is 0 Å². The predicted octanol–water partition coefficient (Wildman–Crippen LogP) is 0.780. The highest BCUT2D eigenvalue weighted by Gasteiger charge is 2.27. The van der Waals surface area contributed by atoms with Crippen LogP contribution >= 0.6 is 11.6 Å². The monoisotopic (exact) mass is 283 g/mol. The first-order chi connectivity index (χ1) is 9.13. The fourth-order valence-electron chi connectivity index (χ4n) is 2.35. The molecule has 0 radical (unpaired) electrons. The minimum atomic E-state index is -0.439. The maximum Gasteiger partial charge on any atom is 0.239 e. The summed E-state index contributed by atoms with van der Waals surface area (Å²) in [5.41, 5.74) is 6.35. The SMILES string of the molecule is COc1ccc(C(C(N)=O)N2CCNCC2)cc1Cl. The van der Waals surface area contributed by atoms with Crippen molar-refractivity contribution in [2.24, 2.45) is 5.73 Å². The smallest absolute Gasteiger partial charge is 0.239 e. The number of nitrogens with one attached hydrogen (secondary N) is 1. The van der Waals surface area contributed by atoms with Gasteiger partial charge in [-0.15, -0.1) is 0 Å². The first kappa shape index (κ1) is 14.1. The molecule has 1 aromatic rings. The molecule has 0 aromatic heterocycles. The zero-order chi connectivity index (χ0) is 13.8. The Morgan fingerprint density at radius 2 is 2.16 bits per heavy atom. The topological polar surface area (TPSA) is 67.6 Å². The number of piperazine rings is 1. The summed E-state index contributed by atoms with van der Waals surface area (Å²) < 4.78 is 5.11. The van der Waals surface area contributed by atoms with Gasteiger partial charge in [-0.1, -0.05) is 17.7 Å².